The lowest BCUT2D eigenvalue weighted by molar-refractivity contribution is 0.0599. The molecular weight excluding hydrogens is 290 g/mol. The fourth-order valence-corrected chi connectivity index (χ4v) is 2.47. The molecule has 1 aromatic heterocycles. The van der Waals surface area contributed by atoms with Gasteiger partial charge in [0.15, 0.2) is 0 Å². The van der Waals surface area contributed by atoms with Gasteiger partial charge in [-0.15, -0.1) is 0 Å². The first-order valence-electron chi connectivity index (χ1n) is 7.88. The van der Waals surface area contributed by atoms with Crippen LogP contribution in [0.4, 0.5) is 0 Å². The lowest BCUT2D eigenvalue weighted by Gasteiger charge is -2.27. The Bertz CT molecular complexity index is 622. The summed E-state index contributed by atoms with van der Waals surface area (Å²) < 4.78 is 5.30. The van der Waals surface area contributed by atoms with Gasteiger partial charge in [-0.05, 0) is 24.0 Å². The van der Waals surface area contributed by atoms with Crippen molar-refractivity contribution in [3.8, 4) is 0 Å². The molecule has 0 saturated heterocycles. The Morgan fingerprint density at radius 1 is 1.30 bits per heavy atom. The summed E-state index contributed by atoms with van der Waals surface area (Å²) >= 11 is 0. The number of likely N-dealkylation sites (N-methyl/N-ethyl adjacent to an activating group) is 1. The van der Waals surface area contributed by atoms with E-state index in [1.807, 2.05) is 24.3 Å². The molecule has 5 nitrogen and oxygen atoms in total. The smallest absolute Gasteiger partial charge is 0.274 e. The Morgan fingerprint density at radius 2 is 2.00 bits per heavy atom. The number of methoxy groups -OCH3 is 1. The first-order chi connectivity index (χ1) is 11.0. The van der Waals surface area contributed by atoms with Gasteiger partial charge in [0.2, 0.25) is 0 Å². The van der Waals surface area contributed by atoms with Crippen molar-refractivity contribution in [2.24, 2.45) is 0 Å². The minimum Gasteiger partial charge on any atom is -0.383 e. The number of benzene rings is 1. The van der Waals surface area contributed by atoms with Crippen LogP contribution in [0.15, 0.2) is 36.4 Å². The predicted molar refractivity (Wildman–Crippen MR) is 90.6 cm³/mol. The molecule has 1 atom stereocenters. The Balaban J connectivity index is 2.12. The molecule has 0 aliphatic carbocycles. The van der Waals surface area contributed by atoms with Gasteiger partial charge >= 0.3 is 0 Å². The van der Waals surface area contributed by atoms with Gasteiger partial charge < -0.3 is 9.64 Å². The van der Waals surface area contributed by atoms with Gasteiger partial charge in [0, 0.05) is 19.9 Å². The number of ether oxygens (including phenoxy) is 1. The van der Waals surface area contributed by atoms with E-state index in [9.17, 15) is 4.79 Å². The summed E-state index contributed by atoms with van der Waals surface area (Å²) in [7, 11) is 3.46. The van der Waals surface area contributed by atoms with Crippen molar-refractivity contribution in [1.82, 2.24) is 15.1 Å². The fraction of sp³-hybridized carbons (Fsp3) is 0.444. The minimum atomic E-state index is -0.0915. The van der Waals surface area contributed by atoms with Gasteiger partial charge in [-0.3, -0.25) is 9.89 Å². The standard InChI is InChI=1S/C18H25N3O2/c1-13(2)16-11-17(20-19-16)18(22)21(3)15(12-23-4)10-14-8-6-5-7-9-14/h5-9,11,13,15H,10,12H2,1-4H3,(H,19,20). The van der Waals surface area contributed by atoms with Crippen LogP contribution in [0.25, 0.3) is 0 Å². The highest BCUT2D eigenvalue weighted by Crippen LogP contribution is 2.15. The number of aromatic amines is 1. The van der Waals surface area contributed by atoms with Gasteiger partial charge in [-0.1, -0.05) is 44.2 Å². The fourth-order valence-electron chi connectivity index (χ4n) is 2.47. The summed E-state index contributed by atoms with van der Waals surface area (Å²) in [6.07, 6.45) is 0.748. The van der Waals surface area contributed by atoms with Gasteiger partial charge in [-0.2, -0.15) is 5.10 Å². The first-order valence-corrected chi connectivity index (χ1v) is 7.88. The summed E-state index contributed by atoms with van der Waals surface area (Å²) in [5.74, 6) is 0.222. The minimum absolute atomic E-state index is 0.0332. The summed E-state index contributed by atoms with van der Waals surface area (Å²) in [5, 5.41) is 7.08. The van der Waals surface area contributed by atoms with Gasteiger partial charge in [-0.25, -0.2) is 0 Å². The topological polar surface area (TPSA) is 58.2 Å². The molecular formula is C18H25N3O2. The van der Waals surface area contributed by atoms with E-state index in [2.05, 4.69) is 36.2 Å². The zero-order chi connectivity index (χ0) is 16.8. The number of nitrogens with zero attached hydrogens (tertiary/aromatic N) is 2. The number of amides is 1. The van der Waals surface area contributed by atoms with E-state index in [1.165, 1.54) is 5.56 Å². The summed E-state index contributed by atoms with van der Waals surface area (Å²) in [6, 6.07) is 11.9. The molecule has 124 valence electrons. The van der Waals surface area contributed by atoms with Crippen LogP contribution in [0.1, 0.15) is 41.5 Å². The van der Waals surface area contributed by atoms with Crippen molar-refractivity contribution in [3.63, 3.8) is 0 Å². The Hall–Kier alpha value is -2.14. The quantitative estimate of drug-likeness (QED) is 0.855. The largest absolute Gasteiger partial charge is 0.383 e. The van der Waals surface area contributed by atoms with Crippen LogP contribution < -0.4 is 0 Å². The zero-order valence-corrected chi connectivity index (χ0v) is 14.2. The van der Waals surface area contributed by atoms with Crippen molar-refractivity contribution in [3.05, 3.63) is 53.3 Å². The van der Waals surface area contributed by atoms with Crippen LogP contribution in [0.5, 0.6) is 0 Å². The van der Waals surface area contributed by atoms with Crippen LogP contribution in [-0.4, -0.2) is 47.8 Å². The third-order valence-electron chi connectivity index (χ3n) is 3.98. The highest BCUT2D eigenvalue weighted by molar-refractivity contribution is 5.92. The van der Waals surface area contributed by atoms with Gasteiger partial charge in [0.25, 0.3) is 5.91 Å². The zero-order valence-electron chi connectivity index (χ0n) is 14.2. The van der Waals surface area contributed by atoms with E-state index in [0.29, 0.717) is 18.2 Å². The second-order valence-electron chi connectivity index (χ2n) is 6.08. The maximum atomic E-state index is 12.7. The van der Waals surface area contributed by atoms with Crippen LogP contribution in [0, 0.1) is 0 Å². The SMILES string of the molecule is COCC(Cc1ccccc1)N(C)C(=O)c1cc(C(C)C)[nH]n1. The number of carbonyl (C=O) groups is 1. The van der Waals surface area contributed by atoms with E-state index < -0.39 is 0 Å². The van der Waals surface area contributed by atoms with E-state index in [0.717, 1.165) is 12.1 Å². The number of aromatic nitrogens is 2. The lowest BCUT2D eigenvalue weighted by Crippen LogP contribution is -2.41. The number of hydrogen-bond acceptors (Lipinski definition) is 3. The molecule has 23 heavy (non-hydrogen) atoms. The van der Waals surface area contributed by atoms with Crippen molar-refractivity contribution < 1.29 is 9.53 Å². The molecule has 0 aliphatic rings. The molecule has 1 N–H and O–H groups in total. The van der Waals surface area contributed by atoms with E-state index in [1.54, 1.807) is 19.1 Å². The monoisotopic (exact) mass is 315 g/mol. The number of carbonyl (C=O) groups excluding carboxylic acids is 1. The number of rotatable bonds is 7. The molecule has 0 bridgehead atoms. The Morgan fingerprint density at radius 3 is 2.57 bits per heavy atom. The third-order valence-corrected chi connectivity index (χ3v) is 3.98. The maximum Gasteiger partial charge on any atom is 0.274 e. The molecule has 1 amide bonds. The average molecular weight is 315 g/mol. The molecule has 0 aliphatic heterocycles. The van der Waals surface area contributed by atoms with Crippen molar-refractivity contribution in [2.45, 2.75) is 32.2 Å². The Kier molecular flexibility index (Phi) is 5.93. The second kappa shape index (κ2) is 7.92. The molecule has 0 fully saturated rings. The molecule has 0 spiro atoms. The normalized spacial score (nSPS) is 12.4. The van der Waals surface area contributed by atoms with E-state index in [4.69, 9.17) is 4.74 Å². The second-order valence-corrected chi connectivity index (χ2v) is 6.08. The van der Waals surface area contributed by atoms with Gasteiger partial charge in [0.05, 0.1) is 12.6 Å². The van der Waals surface area contributed by atoms with Crippen LogP contribution >= 0.6 is 0 Å². The summed E-state index contributed by atoms with van der Waals surface area (Å²) in [6.45, 7) is 4.61. The third kappa shape index (κ3) is 4.42. The lowest BCUT2D eigenvalue weighted by atomic mass is 10.0. The van der Waals surface area contributed by atoms with Gasteiger partial charge in [0.1, 0.15) is 5.69 Å². The highest BCUT2D eigenvalue weighted by atomic mass is 16.5. The van der Waals surface area contributed by atoms with E-state index in [-0.39, 0.29) is 11.9 Å². The molecule has 2 aromatic rings. The molecule has 1 unspecified atom stereocenters. The van der Waals surface area contributed by atoms with Crippen LogP contribution in [0.3, 0.4) is 0 Å². The maximum absolute atomic E-state index is 12.7. The number of hydrogen-bond donors (Lipinski definition) is 1. The molecule has 2 rings (SSSR count). The highest BCUT2D eigenvalue weighted by Gasteiger charge is 2.23. The van der Waals surface area contributed by atoms with Crippen molar-refractivity contribution in [2.75, 3.05) is 20.8 Å². The van der Waals surface area contributed by atoms with Crippen LogP contribution in [0.2, 0.25) is 0 Å². The molecule has 5 heteroatoms. The Labute approximate surface area is 137 Å². The summed E-state index contributed by atoms with van der Waals surface area (Å²) in [5.41, 5.74) is 2.59. The van der Waals surface area contributed by atoms with Crippen LogP contribution in [-0.2, 0) is 11.2 Å². The molecule has 1 heterocycles. The molecule has 0 saturated carbocycles. The van der Waals surface area contributed by atoms with E-state index >= 15 is 0 Å². The van der Waals surface area contributed by atoms with Crippen molar-refractivity contribution in [1.29, 1.82) is 0 Å². The predicted octanol–water partition coefficient (Wildman–Crippen LogP) is 2.86. The summed E-state index contributed by atoms with van der Waals surface area (Å²) in [4.78, 5) is 14.4. The average Bonchev–Trinajstić information content (AvgIpc) is 3.04. The molecule has 1 aromatic carbocycles. The number of nitrogens with one attached hydrogen (secondary N) is 1. The van der Waals surface area contributed by atoms with Crippen molar-refractivity contribution >= 4 is 5.91 Å². The first kappa shape index (κ1) is 17.2. The molecule has 0 radical (unpaired) electrons. The number of H-pyrrole nitrogens is 1.